The Balaban J connectivity index is 2.29. The van der Waals surface area contributed by atoms with Gasteiger partial charge in [-0.3, -0.25) is 9.78 Å². The molecule has 0 radical (unpaired) electrons. The van der Waals surface area contributed by atoms with Crippen LogP contribution in [0.5, 0.6) is 0 Å². The highest BCUT2D eigenvalue weighted by Crippen LogP contribution is 2.16. The largest absolute Gasteiger partial charge is 0.359 e. The van der Waals surface area contributed by atoms with E-state index in [2.05, 4.69) is 15.3 Å². The van der Waals surface area contributed by atoms with Crippen molar-refractivity contribution in [1.29, 1.82) is 0 Å². The monoisotopic (exact) mass is 272 g/mol. The van der Waals surface area contributed by atoms with Crippen LogP contribution in [0.1, 0.15) is 39.3 Å². The van der Waals surface area contributed by atoms with Gasteiger partial charge in [-0.25, -0.2) is 4.98 Å². The zero-order valence-corrected chi connectivity index (χ0v) is 12.3. The van der Waals surface area contributed by atoms with Gasteiger partial charge < -0.3 is 9.88 Å². The van der Waals surface area contributed by atoms with E-state index in [0.717, 1.165) is 5.56 Å². The number of pyridine rings is 1. The summed E-state index contributed by atoms with van der Waals surface area (Å²) >= 11 is 0. The Hall–Kier alpha value is -2.17. The van der Waals surface area contributed by atoms with Crippen molar-refractivity contribution in [3.63, 3.8) is 0 Å². The molecule has 0 aromatic carbocycles. The molecule has 1 atom stereocenters. The van der Waals surface area contributed by atoms with E-state index in [1.165, 1.54) is 0 Å². The number of hydrogen-bond donors (Lipinski definition) is 1. The summed E-state index contributed by atoms with van der Waals surface area (Å²) in [6.45, 7) is 7.95. The lowest BCUT2D eigenvalue weighted by Crippen LogP contribution is -2.35. The first-order chi connectivity index (χ1) is 9.39. The fourth-order valence-electron chi connectivity index (χ4n) is 1.96. The van der Waals surface area contributed by atoms with Crippen molar-refractivity contribution in [2.24, 2.45) is 0 Å². The Morgan fingerprint density at radius 3 is 2.65 bits per heavy atom. The predicted octanol–water partition coefficient (Wildman–Crippen LogP) is 2.57. The average Bonchev–Trinajstić information content (AvgIpc) is 2.40. The molecule has 106 valence electrons. The van der Waals surface area contributed by atoms with Crippen molar-refractivity contribution in [2.75, 3.05) is 5.32 Å². The van der Waals surface area contributed by atoms with Gasteiger partial charge in [-0.1, -0.05) is 6.07 Å². The van der Waals surface area contributed by atoms with Crippen molar-refractivity contribution in [3.05, 3.63) is 52.8 Å². The van der Waals surface area contributed by atoms with Crippen molar-refractivity contribution >= 4 is 5.82 Å². The maximum atomic E-state index is 12.4. The summed E-state index contributed by atoms with van der Waals surface area (Å²) in [5.74, 6) is 0.360. The minimum Gasteiger partial charge on any atom is -0.359 e. The van der Waals surface area contributed by atoms with Crippen molar-refractivity contribution in [2.45, 2.75) is 39.3 Å². The van der Waals surface area contributed by atoms with Gasteiger partial charge in [0.05, 0.1) is 6.04 Å². The summed E-state index contributed by atoms with van der Waals surface area (Å²) in [6.07, 6.45) is 6.86. The van der Waals surface area contributed by atoms with Crippen LogP contribution in [0.4, 0.5) is 5.82 Å². The lowest BCUT2D eigenvalue weighted by atomic mass is 10.1. The first-order valence-electron chi connectivity index (χ1n) is 6.64. The average molecular weight is 272 g/mol. The van der Waals surface area contributed by atoms with Crippen LogP contribution < -0.4 is 10.9 Å². The van der Waals surface area contributed by atoms with Gasteiger partial charge >= 0.3 is 0 Å². The third kappa shape index (κ3) is 3.04. The normalized spacial score (nSPS) is 13.0. The molecule has 1 N–H and O–H groups in total. The second-order valence-corrected chi connectivity index (χ2v) is 5.77. The maximum Gasteiger partial charge on any atom is 0.293 e. The SMILES string of the molecule is CC(Nc1nccn(C(C)(C)C)c1=O)c1cccnc1. The van der Waals surface area contributed by atoms with Crippen molar-refractivity contribution < 1.29 is 0 Å². The lowest BCUT2D eigenvalue weighted by molar-refractivity contribution is 0.383. The predicted molar refractivity (Wildman–Crippen MR) is 79.8 cm³/mol. The summed E-state index contributed by atoms with van der Waals surface area (Å²) in [7, 11) is 0. The number of rotatable bonds is 3. The van der Waals surface area contributed by atoms with Crippen LogP contribution in [0.15, 0.2) is 41.7 Å². The van der Waals surface area contributed by atoms with E-state index in [0.29, 0.717) is 5.82 Å². The van der Waals surface area contributed by atoms with Crippen molar-refractivity contribution in [3.8, 4) is 0 Å². The standard InChI is InChI=1S/C15H20N4O/c1-11(12-6-5-7-16-10-12)18-13-14(20)19(9-8-17-13)15(2,3)4/h5-11H,1-4H3,(H,17,18). The number of aromatic nitrogens is 3. The molecular formula is C15H20N4O. The summed E-state index contributed by atoms with van der Waals surface area (Å²) in [6, 6.07) is 3.81. The van der Waals surface area contributed by atoms with Crippen LogP contribution in [0, 0.1) is 0 Å². The Kier molecular flexibility index (Phi) is 3.88. The lowest BCUT2D eigenvalue weighted by Gasteiger charge is -2.23. The molecule has 2 aromatic rings. The van der Waals surface area contributed by atoms with E-state index in [1.54, 1.807) is 29.4 Å². The molecule has 0 amide bonds. The molecule has 0 saturated carbocycles. The molecule has 0 spiro atoms. The highest BCUT2D eigenvalue weighted by molar-refractivity contribution is 5.35. The van der Waals surface area contributed by atoms with Crippen molar-refractivity contribution in [1.82, 2.24) is 14.5 Å². The minimum absolute atomic E-state index is 0.0280. The summed E-state index contributed by atoms with van der Waals surface area (Å²) in [5, 5.41) is 3.15. The number of nitrogens with zero attached hydrogens (tertiary/aromatic N) is 3. The summed E-state index contributed by atoms with van der Waals surface area (Å²) in [4.78, 5) is 20.6. The molecule has 0 bridgehead atoms. The van der Waals surface area contributed by atoms with Crippen LogP contribution >= 0.6 is 0 Å². The van der Waals surface area contributed by atoms with E-state index < -0.39 is 0 Å². The van der Waals surface area contributed by atoms with Crippen LogP contribution in [-0.2, 0) is 5.54 Å². The minimum atomic E-state index is -0.270. The zero-order chi connectivity index (χ0) is 14.8. The number of anilines is 1. The molecule has 0 aliphatic heterocycles. The van der Waals surface area contributed by atoms with Gasteiger partial charge in [0.15, 0.2) is 5.82 Å². The van der Waals surface area contributed by atoms with Crippen LogP contribution in [-0.4, -0.2) is 14.5 Å². The fourth-order valence-corrected chi connectivity index (χ4v) is 1.96. The van der Waals surface area contributed by atoms with Crippen LogP contribution in [0.3, 0.4) is 0 Å². The Morgan fingerprint density at radius 1 is 1.30 bits per heavy atom. The molecule has 0 aliphatic carbocycles. The smallest absolute Gasteiger partial charge is 0.293 e. The summed E-state index contributed by atoms with van der Waals surface area (Å²) < 4.78 is 1.68. The molecule has 0 fully saturated rings. The molecule has 20 heavy (non-hydrogen) atoms. The van der Waals surface area contributed by atoms with Gasteiger partial charge in [-0.2, -0.15) is 0 Å². The van der Waals surface area contributed by atoms with Gasteiger partial charge in [0.2, 0.25) is 0 Å². The van der Waals surface area contributed by atoms with Crippen LogP contribution in [0.25, 0.3) is 0 Å². The zero-order valence-electron chi connectivity index (χ0n) is 12.3. The van der Waals surface area contributed by atoms with E-state index in [4.69, 9.17) is 0 Å². The third-order valence-electron chi connectivity index (χ3n) is 3.10. The topological polar surface area (TPSA) is 59.8 Å². The highest BCUT2D eigenvalue weighted by Gasteiger charge is 2.17. The van der Waals surface area contributed by atoms with E-state index in [-0.39, 0.29) is 17.1 Å². The second kappa shape index (κ2) is 5.45. The van der Waals surface area contributed by atoms with Gasteiger partial charge in [0.25, 0.3) is 5.56 Å². The Bertz CT molecular complexity index is 628. The van der Waals surface area contributed by atoms with Gasteiger partial charge in [0, 0.05) is 30.3 Å². The quantitative estimate of drug-likeness (QED) is 0.933. The molecular weight excluding hydrogens is 252 g/mol. The molecule has 2 aromatic heterocycles. The number of nitrogens with one attached hydrogen (secondary N) is 1. The van der Waals surface area contributed by atoms with E-state index in [1.807, 2.05) is 39.8 Å². The van der Waals surface area contributed by atoms with E-state index >= 15 is 0 Å². The first kappa shape index (κ1) is 14.2. The fraction of sp³-hybridized carbons (Fsp3) is 0.400. The molecule has 5 heteroatoms. The second-order valence-electron chi connectivity index (χ2n) is 5.77. The molecule has 0 aliphatic rings. The Labute approximate surface area is 118 Å². The molecule has 0 saturated heterocycles. The molecule has 2 heterocycles. The van der Waals surface area contributed by atoms with Gasteiger partial charge in [0.1, 0.15) is 0 Å². The van der Waals surface area contributed by atoms with Gasteiger partial charge in [-0.05, 0) is 39.3 Å². The first-order valence-corrected chi connectivity index (χ1v) is 6.64. The molecule has 1 unspecified atom stereocenters. The molecule has 5 nitrogen and oxygen atoms in total. The summed E-state index contributed by atoms with van der Waals surface area (Å²) in [5.41, 5.74) is 0.629. The molecule has 2 rings (SSSR count). The highest BCUT2D eigenvalue weighted by atomic mass is 16.1. The Morgan fingerprint density at radius 2 is 2.05 bits per heavy atom. The third-order valence-corrected chi connectivity index (χ3v) is 3.10. The van der Waals surface area contributed by atoms with E-state index in [9.17, 15) is 4.79 Å². The van der Waals surface area contributed by atoms with Crippen LogP contribution in [0.2, 0.25) is 0 Å². The van der Waals surface area contributed by atoms with Gasteiger partial charge in [-0.15, -0.1) is 0 Å². The maximum absolute atomic E-state index is 12.4. The number of hydrogen-bond acceptors (Lipinski definition) is 4.